The number of aromatic nitrogens is 3. The van der Waals surface area contributed by atoms with Crippen LogP contribution in [0.15, 0.2) is 47.6 Å². The number of phenolic OH excluding ortho intramolecular Hbond substituents is 1. The Bertz CT molecular complexity index is 904. The van der Waals surface area contributed by atoms with E-state index in [1.807, 2.05) is 24.3 Å². The quantitative estimate of drug-likeness (QED) is 0.544. The van der Waals surface area contributed by atoms with Gasteiger partial charge in [-0.15, -0.1) is 5.10 Å². The molecule has 0 saturated heterocycles. The van der Waals surface area contributed by atoms with Crippen molar-refractivity contribution >= 4 is 23.2 Å². The van der Waals surface area contributed by atoms with E-state index in [9.17, 15) is 9.90 Å². The van der Waals surface area contributed by atoms with E-state index in [4.69, 9.17) is 4.74 Å². The Morgan fingerprint density at radius 3 is 3.04 bits per heavy atom. The topological polar surface area (TPSA) is 102 Å². The molecule has 8 nitrogen and oxygen atoms in total. The molecule has 0 aliphatic carbocycles. The van der Waals surface area contributed by atoms with Crippen molar-refractivity contribution in [2.24, 2.45) is 5.10 Å². The zero-order valence-corrected chi connectivity index (χ0v) is 12.9. The van der Waals surface area contributed by atoms with Crippen molar-refractivity contribution in [2.45, 2.75) is 6.54 Å². The highest BCUT2D eigenvalue weighted by Gasteiger charge is 2.07. The Hall–Kier alpha value is -3.42. The summed E-state index contributed by atoms with van der Waals surface area (Å²) in [6.07, 6.45) is 1.34. The number of hydrogen-bond acceptors (Lipinski definition) is 6. The first-order valence-electron chi connectivity index (χ1n) is 7.14. The van der Waals surface area contributed by atoms with Crippen LogP contribution in [0.25, 0.3) is 11.0 Å². The van der Waals surface area contributed by atoms with Crippen LogP contribution in [0.4, 0.5) is 0 Å². The fourth-order valence-electron chi connectivity index (χ4n) is 2.14. The van der Waals surface area contributed by atoms with E-state index in [2.05, 4.69) is 20.8 Å². The van der Waals surface area contributed by atoms with Gasteiger partial charge >= 0.3 is 0 Å². The zero-order chi connectivity index (χ0) is 16.9. The molecule has 0 aliphatic rings. The summed E-state index contributed by atoms with van der Waals surface area (Å²) >= 11 is 0. The second kappa shape index (κ2) is 6.78. The second-order valence-corrected chi connectivity index (χ2v) is 4.95. The summed E-state index contributed by atoms with van der Waals surface area (Å²) in [6.45, 7) is -0.0120. The van der Waals surface area contributed by atoms with E-state index in [1.54, 1.807) is 12.1 Å². The molecular weight excluding hydrogens is 310 g/mol. The number of fused-ring (bicyclic) bond motifs is 1. The number of nitrogens with one attached hydrogen (secondary N) is 1. The van der Waals surface area contributed by atoms with Gasteiger partial charge in [-0.25, -0.2) is 10.1 Å². The Morgan fingerprint density at radius 1 is 1.38 bits per heavy atom. The summed E-state index contributed by atoms with van der Waals surface area (Å²) in [6, 6.07) is 12.1. The van der Waals surface area contributed by atoms with Gasteiger partial charge in [0.1, 0.15) is 23.6 Å². The first-order valence-corrected chi connectivity index (χ1v) is 7.14. The highest BCUT2D eigenvalue weighted by molar-refractivity contribution is 5.86. The number of hydrogen-bond donors (Lipinski definition) is 2. The number of hydrazone groups is 1. The molecule has 0 aliphatic heterocycles. The summed E-state index contributed by atoms with van der Waals surface area (Å²) in [5, 5.41) is 21.5. The van der Waals surface area contributed by atoms with Gasteiger partial charge in [0.25, 0.3) is 5.91 Å². The Labute approximate surface area is 137 Å². The van der Waals surface area contributed by atoms with Crippen molar-refractivity contribution in [3.05, 3.63) is 48.0 Å². The molecule has 0 spiro atoms. The lowest BCUT2D eigenvalue weighted by molar-refractivity contribution is -0.121. The van der Waals surface area contributed by atoms with E-state index in [1.165, 1.54) is 24.1 Å². The number of phenols is 1. The first-order chi connectivity index (χ1) is 11.7. The number of carbonyl (C=O) groups excluding carboxylic acids is 1. The standard InChI is InChI=1S/C16H15N5O3/c1-24-12-6-7-15(22)11(8-12)9-17-19-16(23)10-21-14-5-3-2-4-13(14)18-20-21/h2-9,22H,10H2,1H3,(H,19,23). The minimum atomic E-state index is -0.357. The molecule has 0 fully saturated rings. The third-order valence-electron chi connectivity index (χ3n) is 3.34. The lowest BCUT2D eigenvalue weighted by Gasteiger charge is -2.03. The van der Waals surface area contributed by atoms with E-state index in [0.29, 0.717) is 11.3 Å². The fourth-order valence-corrected chi connectivity index (χ4v) is 2.14. The molecule has 0 unspecified atom stereocenters. The van der Waals surface area contributed by atoms with Gasteiger partial charge < -0.3 is 9.84 Å². The summed E-state index contributed by atoms with van der Waals surface area (Å²) in [4.78, 5) is 12.0. The molecule has 122 valence electrons. The van der Waals surface area contributed by atoms with Crippen molar-refractivity contribution in [2.75, 3.05) is 7.11 Å². The number of carbonyl (C=O) groups is 1. The van der Waals surface area contributed by atoms with Crippen LogP contribution in [0.1, 0.15) is 5.56 Å². The van der Waals surface area contributed by atoms with Crippen LogP contribution < -0.4 is 10.2 Å². The molecule has 8 heteroatoms. The number of amides is 1. The van der Waals surface area contributed by atoms with Gasteiger partial charge in [-0.05, 0) is 30.3 Å². The predicted molar refractivity (Wildman–Crippen MR) is 87.9 cm³/mol. The van der Waals surface area contributed by atoms with Crippen LogP contribution in [0.2, 0.25) is 0 Å². The Balaban J connectivity index is 1.65. The van der Waals surface area contributed by atoms with Crippen LogP contribution in [0.3, 0.4) is 0 Å². The Morgan fingerprint density at radius 2 is 2.21 bits per heavy atom. The van der Waals surface area contributed by atoms with Gasteiger partial charge in [-0.1, -0.05) is 17.3 Å². The summed E-state index contributed by atoms with van der Waals surface area (Å²) in [5.41, 5.74) is 4.30. The maximum absolute atomic E-state index is 12.0. The molecular formula is C16H15N5O3. The maximum Gasteiger partial charge on any atom is 0.261 e. The number of aromatic hydroxyl groups is 1. The molecule has 2 aromatic carbocycles. The monoisotopic (exact) mass is 325 g/mol. The molecule has 0 atom stereocenters. The molecule has 0 bridgehead atoms. The average Bonchev–Trinajstić information content (AvgIpc) is 3.00. The third-order valence-corrected chi connectivity index (χ3v) is 3.34. The molecule has 1 amide bonds. The molecule has 1 aromatic heterocycles. The molecule has 1 heterocycles. The highest BCUT2D eigenvalue weighted by Crippen LogP contribution is 2.20. The number of rotatable bonds is 5. The predicted octanol–water partition coefficient (Wildman–Crippen LogP) is 1.30. The smallest absolute Gasteiger partial charge is 0.261 e. The van der Waals surface area contributed by atoms with Crippen LogP contribution in [0, 0.1) is 0 Å². The van der Waals surface area contributed by atoms with Crippen molar-refractivity contribution in [1.29, 1.82) is 0 Å². The Kier molecular flexibility index (Phi) is 4.37. The van der Waals surface area contributed by atoms with E-state index >= 15 is 0 Å². The number of nitrogens with zero attached hydrogens (tertiary/aromatic N) is 4. The van der Waals surface area contributed by atoms with Gasteiger partial charge in [-0.2, -0.15) is 5.10 Å². The minimum Gasteiger partial charge on any atom is -0.507 e. The van der Waals surface area contributed by atoms with Gasteiger partial charge in [-0.3, -0.25) is 4.79 Å². The fraction of sp³-hybridized carbons (Fsp3) is 0.125. The van der Waals surface area contributed by atoms with Crippen LogP contribution >= 0.6 is 0 Å². The molecule has 3 rings (SSSR count). The van der Waals surface area contributed by atoms with Gasteiger partial charge in [0.05, 0.1) is 18.8 Å². The molecule has 3 aromatic rings. The average molecular weight is 325 g/mol. The lowest BCUT2D eigenvalue weighted by Crippen LogP contribution is -2.23. The summed E-state index contributed by atoms with van der Waals surface area (Å²) in [7, 11) is 1.53. The summed E-state index contributed by atoms with van der Waals surface area (Å²) in [5.74, 6) is 0.259. The van der Waals surface area contributed by atoms with Gasteiger partial charge in [0.2, 0.25) is 0 Å². The van der Waals surface area contributed by atoms with Crippen molar-refractivity contribution in [3.63, 3.8) is 0 Å². The SMILES string of the molecule is COc1ccc(O)c(C=NNC(=O)Cn2nnc3ccccc32)c1. The van der Waals surface area contributed by atoms with E-state index in [0.717, 1.165) is 11.0 Å². The van der Waals surface area contributed by atoms with Crippen molar-refractivity contribution in [3.8, 4) is 11.5 Å². The number of para-hydroxylation sites is 1. The van der Waals surface area contributed by atoms with Crippen molar-refractivity contribution in [1.82, 2.24) is 20.4 Å². The van der Waals surface area contributed by atoms with Crippen LogP contribution in [-0.2, 0) is 11.3 Å². The van der Waals surface area contributed by atoms with Crippen LogP contribution in [0.5, 0.6) is 11.5 Å². The van der Waals surface area contributed by atoms with E-state index in [-0.39, 0.29) is 18.2 Å². The van der Waals surface area contributed by atoms with Gasteiger partial charge in [0.15, 0.2) is 0 Å². The molecule has 2 N–H and O–H groups in total. The first kappa shape index (κ1) is 15.5. The number of ether oxygens (including phenoxy) is 1. The molecule has 0 radical (unpaired) electrons. The van der Waals surface area contributed by atoms with E-state index < -0.39 is 0 Å². The third kappa shape index (κ3) is 3.32. The van der Waals surface area contributed by atoms with Crippen LogP contribution in [-0.4, -0.2) is 39.3 Å². The largest absolute Gasteiger partial charge is 0.507 e. The zero-order valence-electron chi connectivity index (χ0n) is 12.9. The second-order valence-electron chi connectivity index (χ2n) is 4.95. The normalized spacial score (nSPS) is 11.0. The summed E-state index contributed by atoms with van der Waals surface area (Å²) < 4.78 is 6.56. The van der Waals surface area contributed by atoms with Gasteiger partial charge in [0, 0.05) is 5.56 Å². The highest BCUT2D eigenvalue weighted by atomic mass is 16.5. The maximum atomic E-state index is 12.0. The molecule has 24 heavy (non-hydrogen) atoms. The van der Waals surface area contributed by atoms with Crippen molar-refractivity contribution < 1.29 is 14.6 Å². The molecule has 0 saturated carbocycles. The minimum absolute atomic E-state index is 0.0120. The lowest BCUT2D eigenvalue weighted by atomic mass is 10.2. The number of benzene rings is 2. The number of methoxy groups -OCH3 is 1.